The van der Waals surface area contributed by atoms with Gasteiger partial charge in [0.05, 0.1) is 11.3 Å². The molecule has 0 radical (unpaired) electrons. The van der Waals surface area contributed by atoms with Crippen molar-refractivity contribution in [3.05, 3.63) is 40.8 Å². The van der Waals surface area contributed by atoms with Crippen molar-refractivity contribution in [3.63, 3.8) is 0 Å². The van der Waals surface area contributed by atoms with Crippen molar-refractivity contribution in [3.8, 4) is 0 Å². The van der Waals surface area contributed by atoms with Crippen molar-refractivity contribution in [2.45, 2.75) is 13.8 Å². The molecule has 0 spiro atoms. The van der Waals surface area contributed by atoms with E-state index in [9.17, 15) is 9.18 Å². The first-order valence-electron chi connectivity index (χ1n) is 5.28. The summed E-state index contributed by atoms with van der Waals surface area (Å²) in [6.07, 6.45) is 0. The fourth-order valence-electron chi connectivity index (χ4n) is 1.43. The first-order chi connectivity index (χ1) is 8.49. The molecule has 1 aromatic carbocycles. The largest absolute Gasteiger partial charge is 0.398 e. The number of nitrogens with two attached hydrogens (primary N) is 1. The molecule has 94 valence electrons. The van der Waals surface area contributed by atoms with Crippen LogP contribution < -0.4 is 11.1 Å². The molecule has 0 fully saturated rings. The Morgan fingerprint density at radius 1 is 1.44 bits per heavy atom. The number of anilines is 2. The van der Waals surface area contributed by atoms with Crippen molar-refractivity contribution in [2.75, 3.05) is 11.1 Å². The molecule has 0 aliphatic rings. The highest BCUT2D eigenvalue weighted by molar-refractivity contribution is 6.07. The number of benzene rings is 1. The van der Waals surface area contributed by atoms with Gasteiger partial charge in [0.2, 0.25) is 5.88 Å². The number of nitrogens with zero attached hydrogens (tertiary/aromatic N) is 1. The van der Waals surface area contributed by atoms with Gasteiger partial charge in [-0.15, -0.1) is 0 Å². The van der Waals surface area contributed by atoms with E-state index in [0.29, 0.717) is 5.69 Å². The standard InChI is InChI=1S/C12H12FN3O2/c1-6-7(2)16-18-12(6)15-11(17)9-5-8(13)3-4-10(9)14/h3-5H,14H2,1-2H3,(H,15,17). The molecule has 5 nitrogen and oxygen atoms in total. The van der Waals surface area contributed by atoms with Crippen LogP contribution in [0.5, 0.6) is 0 Å². The Hall–Kier alpha value is -2.37. The second-order valence-electron chi connectivity index (χ2n) is 3.91. The number of nitrogen functional groups attached to an aromatic ring is 1. The molecule has 6 heteroatoms. The van der Waals surface area contributed by atoms with Crippen molar-refractivity contribution in [1.29, 1.82) is 0 Å². The lowest BCUT2D eigenvalue weighted by molar-refractivity contribution is 0.102. The number of hydrogen-bond acceptors (Lipinski definition) is 4. The van der Waals surface area contributed by atoms with Gasteiger partial charge in [-0.25, -0.2) is 4.39 Å². The molecule has 0 saturated carbocycles. The van der Waals surface area contributed by atoms with E-state index in [1.54, 1.807) is 13.8 Å². The molecule has 3 N–H and O–H groups in total. The maximum Gasteiger partial charge on any atom is 0.260 e. The molecule has 0 saturated heterocycles. The second kappa shape index (κ2) is 4.48. The van der Waals surface area contributed by atoms with Gasteiger partial charge in [-0.1, -0.05) is 5.16 Å². The van der Waals surface area contributed by atoms with Crippen LogP contribution in [0.2, 0.25) is 0 Å². The highest BCUT2D eigenvalue weighted by Crippen LogP contribution is 2.20. The van der Waals surface area contributed by atoms with E-state index in [-0.39, 0.29) is 17.1 Å². The second-order valence-corrected chi connectivity index (χ2v) is 3.91. The number of aromatic nitrogens is 1. The van der Waals surface area contributed by atoms with Gasteiger partial charge in [0.1, 0.15) is 5.82 Å². The molecule has 18 heavy (non-hydrogen) atoms. The van der Waals surface area contributed by atoms with Crippen molar-refractivity contribution in [2.24, 2.45) is 0 Å². The average molecular weight is 249 g/mol. The molecule has 1 heterocycles. The SMILES string of the molecule is Cc1noc(NC(=O)c2cc(F)ccc2N)c1C. The minimum Gasteiger partial charge on any atom is -0.398 e. The van der Waals surface area contributed by atoms with Crippen LogP contribution in [-0.4, -0.2) is 11.1 Å². The Bertz CT molecular complexity index is 607. The highest BCUT2D eigenvalue weighted by Gasteiger charge is 2.15. The molecule has 0 aliphatic carbocycles. The van der Waals surface area contributed by atoms with Gasteiger partial charge in [0.25, 0.3) is 5.91 Å². The first kappa shape index (κ1) is 12.1. The molecular formula is C12H12FN3O2. The van der Waals surface area contributed by atoms with Gasteiger partial charge in [0.15, 0.2) is 0 Å². The zero-order chi connectivity index (χ0) is 13.3. The first-order valence-corrected chi connectivity index (χ1v) is 5.28. The van der Waals surface area contributed by atoms with E-state index in [1.165, 1.54) is 12.1 Å². The third kappa shape index (κ3) is 2.17. The molecule has 0 unspecified atom stereocenters. The maximum absolute atomic E-state index is 13.1. The van der Waals surface area contributed by atoms with E-state index < -0.39 is 11.7 Å². The molecule has 1 amide bonds. The molecule has 0 aliphatic heterocycles. The Morgan fingerprint density at radius 3 is 2.78 bits per heavy atom. The molecule has 0 bridgehead atoms. The predicted molar refractivity (Wildman–Crippen MR) is 64.7 cm³/mol. The summed E-state index contributed by atoms with van der Waals surface area (Å²) in [4.78, 5) is 11.9. The zero-order valence-corrected chi connectivity index (χ0v) is 9.95. The number of hydrogen-bond donors (Lipinski definition) is 2. The van der Waals surface area contributed by atoms with Crippen molar-refractivity contribution >= 4 is 17.5 Å². The smallest absolute Gasteiger partial charge is 0.260 e. The summed E-state index contributed by atoms with van der Waals surface area (Å²) in [5.74, 6) is -0.827. The van der Waals surface area contributed by atoms with Crippen LogP contribution in [-0.2, 0) is 0 Å². The van der Waals surface area contributed by atoms with Crippen LogP contribution in [0.25, 0.3) is 0 Å². The number of amides is 1. The summed E-state index contributed by atoms with van der Waals surface area (Å²) in [5, 5.41) is 6.21. The van der Waals surface area contributed by atoms with E-state index in [2.05, 4.69) is 10.5 Å². The van der Waals surface area contributed by atoms with Crippen LogP contribution in [0.1, 0.15) is 21.6 Å². The Kier molecular flexibility index (Phi) is 3.01. The van der Waals surface area contributed by atoms with Crippen molar-refractivity contribution in [1.82, 2.24) is 5.16 Å². The number of carbonyl (C=O) groups excluding carboxylic acids is 1. The Labute approximate surface area is 103 Å². The van der Waals surface area contributed by atoms with Crippen LogP contribution in [0, 0.1) is 19.7 Å². The summed E-state index contributed by atoms with van der Waals surface area (Å²) >= 11 is 0. The average Bonchev–Trinajstić information content (AvgIpc) is 2.64. The molecular weight excluding hydrogens is 237 g/mol. The zero-order valence-electron chi connectivity index (χ0n) is 9.95. The summed E-state index contributed by atoms with van der Waals surface area (Å²) in [6, 6.07) is 3.60. The van der Waals surface area contributed by atoms with Gasteiger partial charge in [-0.3, -0.25) is 10.1 Å². The third-order valence-electron chi connectivity index (χ3n) is 2.64. The summed E-state index contributed by atoms with van der Waals surface area (Å²) in [5.41, 5.74) is 7.27. The maximum atomic E-state index is 13.1. The fraction of sp³-hybridized carbons (Fsp3) is 0.167. The third-order valence-corrected chi connectivity index (χ3v) is 2.64. The number of aryl methyl sites for hydroxylation is 1. The van der Waals surface area contributed by atoms with Crippen LogP contribution in [0.4, 0.5) is 16.0 Å². The van der Waals surface area contributed by atoms with Crippen LogP contribution >= 0.6 is 0 Å². The van der Waals surface area contributed by atoms with Crippen LogP contribution in [0.3, 0.4) is 0 Å². The van der Waals surface area contributed by atoms with Gasteiger partial charge < -0.3 is 10.3 Å². The molecule has 1 aromatic heterocycles. The number of carbonyl (C=O) groups is 1. The number of nitrogens with one attached hydrogen (secondary N) is 1. The lowest BCUT2D eigenvalue weighted by atomic mass is 10.1. The van der Waals surface area contributed by atoms with Gasteiger partial charge in [0, 0.05) is 11.3 Å². The topological polar surface area (TPSA) is 81.2 Å². The molecule has 2 rings (SSSR count). The van der Waals surface area contributed by atoms with E-state index in [4.69, 9.17) is 10.3 Å². The summed E-state index contributed by atoms with van der Waals surface area (Å²) in [7, 11) is 0. The Balaban J connectivity index is 2.27. The van der Waals surface area contributed by atoms with E-state index in [1.807, 2.05) is 0 Å². The van der Waals surface area contributed by atoms with Gasteiger partial charge in [-0.2, -0.15) is 0 Å². The monoisotopic (exact) mass is 249 g/mol. The predicted octanol–water partition coefficient (Wildman–Crippen LogP) is 2.27. The number of halogens is 1. The lowest BCUT2D eigenvalue weighted by Crippen LogP contribution is -2.14. The minimum atomic E-state index is -0.536. The van der Waals surface area contributed by atoms with Gasteiger partial charge in [-0.05, 0) is 32.0 Å². The summed E-state index contributed by atoms with van der Waals surface area (Å²) < 4.78 is 18.0. The highest BCUT2D eigenvalue weighted by atomic mass is 19.1. The number of rotatable bonds is 2. The fourth-order valence-corrected chi connectivity index (χ4v) is 1.43. The quantitative estimate of drug-likeness (QED) is 0.800. The lowest BCUT2D eigenvalue weighted by Gasteiger charge is -2.05. The van der Waals surface area contributed by atoms with E-state index >= 15 is 0 Å². The normalized spacial score (nSPS) is 10.4. The Morgan fingerprint density at radius 2 is 2.17 bits per heavy atom. The van der Waals surface area contributed by atoms with Crippen molar-refractivity contribution < 1.29 is 13.7 Å². The van der Waals surface area contributed by atoms with E-state index in [0.717, 1.165) is 11.6 Å². The molecule has 0 atom stereocenters. The minimum absolute atomic E-state index is 0.0588. The van der Waals surface area contributed by atoms with Crippen LogP contribution in [0.15, 0.2) is 22.7 Å². The summed E-state index contributed by atoms with van der Waals surface area (Å²) in [6.45, 7) is 3.52. The van der Waals surface area contributed by atoms with Gasteiger partial charge >= 0.3 is 0 Å². The molecule has 2 aromatic rings.